The summed E-state index contributed by atoms with van der Waals surface area (Å²) in [6, 6.07) is 20.2. The average molecular weight is 417 g/mol. The molecule has 2 aromatic carbocycles. The van der Waals surface area contributed by atoms with Crippen LogP contribution in [-0.4, -0.2) is 31.7 Å². The predicted octanol–water partition coefficient (Wildman–Crippen LogP) is 4.35. The minimum Gasteiger partial charge on any atom is -0.609 e. The zero-order valence-electron chi connectivity index (χ0n) is 16.5. The molecule has 0 N–H and O–H groups in total. The van der Waals surface area contributed by atoms with Crippen molar-refractivity contribution in [2.24, 2.45) is 0 Å². The summed E-state index contributed by atoms with van der Waals surface area (Å²) in [5.41, 5.74) is 3.15. The molecule has 7 heteroatoms. The SMILES string of the molecule is C[C@@H](OC(=O)c1ccccc1)c1cc2cnc([S+](C)[O-])nc2c(-c2ccccc2)n1. The molecule has 0 fully saturated rings. The van der Waals surface area contributed by atoms with Gasteiger partial charge in [0.15, 0.2) is 0 Å². The maximum Gasteiger partial charge on any atom is 0.343 e. The third kappa shape index (κ3) is 4.17. The van der Waals surface area contributed by atoms with E-state index < -0.39 is 23.2 Å². The summed E-state index contributed by atoms with van der Waals surface area (Å²) >= 11 is -1.31. The van der Waals surface area contributed by atoms with E-state index in [1.54, 1.807) is 43.5 Å². The summed E-state index contributed by atoms with van der Waals surface area (Å²) in [6.07, 6.45) is 2.59. The van der Waals surface area contributed by atoms with Gasteiger partial charge in [-0.2, -0.15) is 9.97 Å². The van der Waals surface area contributed by atoms with Gasteiger partial charge in [0.25, 0.3) is 0 Å². The van der Waals surface area contributed by atoms with Crippen molar-refractivity contribution in [3.8, 4) is 11.3 Å². The molecule has 0 aliphatic heterocycles. The predicted molar refractivity (Wildman–Crippen MR) is 115 cm³/mol. The maximum absolute atomic E-state index is 12.5. The third-order valence-corrected chi connectivity index (χ3v) is 5.29. The van der Waals surface area contributed by atoms with Crippen LogP contribution in [0.1, 0.15) is 29.1 Å². The molecule has 0 saturated carbocycles. The van der Waals surface area contributed by atoms with Crippen LogP contribution in [0.15, 0.2) is 78.1 Å². The smallest absolute Gasteiger partial charge is 0.343 e. The zero-order valence-corrected chi connectivity index (χ0v) is 17.3. The van der Waals surface area contributed by atoms with Crippen LogP contribution in [0.25, 0.3) is 22.2 Å². The minimum absolute atomic E-state index is 0.248. The van der Waals surface area contributed by atoms with Crippen LogP contribution in [0.5, 0.6) is 0 Å². The Bertz CT molecular complexity index is 1180. The molecular weight excluding hydrogens is 398 g/mol. The van der Waals surface area contributed by atoms with Crippen LogP contribution < -0.4 is 0 Å². The highest BCUT2D eigenvalue weighted by Gasteiger charge is 2.20. The Morgan fingerprint density at radius 1 is 1.03 bits per heavy atom. The van der Waals surface area contributed by atoms with E-state index in [1.165, 1.54) is 6.26 Å². The number of fused-ring (bicyclic) bond motifs is 1. The number of esters is 1. The first-order valence-electron chi connectivity index (χ1n) is 9.35. The fourth-order valence-electron chi connectivity index (χ4n) is 3.05. The van der Waals surface area contributed by atoms with Gasteiger partial charge in [-0.3, -0.25) is 0 Å². The second kappa shape index (κ2) is 8.61. The molecule has 2 aromatic heterocycles. The second-order valence-electron chi connectivity index (χ2n) is 6.72. The van der Waals surface area contributed by atoms with Gasteiger partial charge in [0.2, 0.25) is 0 Å². The normalized spacial score (nSPS) is 13.0. The fourth-order valence-corrected chi connectivity index (χ4v) is 3.47. The largest absolute Gasteiger partial charge is 0.609 e. The van der Waals surface area contributed by atoms with Gasteiger partial charge in [0.1, 0.15) is 17.9 Å². The molecule has 0 amide bonds. The van der Waals surface area contributed by atoms with E-state index in [0.717, 1.165) is 10.9 Å². The third-order valence-electron chi connectivity index (χ3n) is 4.58. The lowest BCUT2D eigenvalue weighted by Crippen LogP contribution is -2.11. The first-order valence-corrected chi connectivity index (χ1v) is 10.9. The Morgan fingerprint density at radius 2 is 1.70 bits per heavy atom. The summed E-state index contributed by atoms with van der Waals surface area (Å²) in [4.78, 5) is 25.9. The van der Waals surface area contributed by atoms with Crippen molar-refractivity contribution >= 4 is 28.0 Å². The van der Waals surface area contributed by atoms with E-state index in [-0.39, 0.29) is 5.16 Å². The lowest BCUT2D eigenvalue weighted by Gasteiger charge is -2.16. The van der Waals surface area contributed by atoms with Gasteiger partial charge < -0.3 is 9.29 Å². The summed E-state index contributed by atoms with van der Waals surface area (Å²) in [5.74, 6) is -0.417. The number of nitrogens with zero attached hydrogens (tertiary/aromatic N) is 3. The Kier molecular flexibility index (Phi) is 5.74. The van der Waals surface area contributed by atoms with Gasteiger partial charge in [-0.1, -0.05) is 48.5 Å². The van der Waals surface area contributed by atoms with Crippen molar-refractivity contribution in [1.29, 1.82) is 0 Å². The lowest BCUT2D eigenvalue weighted by molar-refractivity contribution is 0.0330. The zero-order chi connectivity index (χ0) is 21.1. The van der Waals surface area contributed by atoms with E-state index >= 15 is 0 Å². The first-order chi connectivity index (χ1) is 14.5. The highest BCUT2D eigenvalue weighted by molar-refractivity contribution is 7.90. The van der Waals surface area contributed by atoms with Crippen molar-refractivity contribution < 1.29 is 14.1 Å². The summed E-state index contributed by atoms with van der Waals surface area (Å²) < 4.78 is 17.5. The molecule has 6 nitrogen and oxygen atoms in total. The topological polar surface area (TPSA) is 88.0 Å². The lowest BCUT2D eigenvalue weighted by atomic mass is 10.1. The van der Waals surface area contributed by atoms with E-state index in [2.05, 4.69) is 9.97 Å². The Morgan fingerprint density at radius 3 is 2.37 bits per heavy atom. The van der Waals surface area contributed by atoms with Crippen LogP contribution in [0.3, 0.4) is 0 Å². The van der Waals surface area contributed by atoms with Crippen LogP contribution >= 0.6 is 0 Å². The Balaban J connectivity index is 1.77. The van der Waals surface area contributed by atoms with Crippen molar-refractivity contribution in [3.63, 3.8) is 0 Å². The molecule has 0 aliphatic carbocycles. The fraction of sp³-hybridized carbons (Fsp3) is 0.130. The van der Waals surface area contributed by atoms with Gasteiger partial charge in [0.05, 0.1) is 17.0 Å². The number of aromatic nitrogens is 3. The van der Waals surface area contributed by atoms with Crippen LogP contribution in [0.4, 0.5) is 0 Å². The number of ether oxygens (including phenoxy) is 1. The Labute approximate surface area is 177 Å². The molecule has 0 saturated heterocycles. The van der Waals surface area contributed by atoms with Gasteiger partial charge in [-0.05, 0) is 25.1 Å². The van der Waals surface area contributed by atoms with Crippen LogP contribution in [-0.2, 0) is 15.9 Å². The molecule has 0 radical (unpaired) electrons. The van der Waals surface area contributed by atoms with Gasteiger partial charge in [0, 0.05) is 28.3 Å². The number of carbonyl (C=O) groups is 1. The van der Waals surface area contributed by atoms with E-state index in [4.69, 9.17) is 9.72 Å². The van der Waals surface area contributed by atoms with Crippen molar-refractivity contribution in [1.82, 2.24) is 15.0 Å². The Hall–Kier alpha value is -3.29. The quantitative estimate of drug-likeness (QED) is 0.273. The summed E-state index contributed by atoms with van der Waals surface area (Å²) in [6.45, 7) is 1.78. The van der Waals surface area contributed by atoms with E-state index in [1.807, 2.05) is 36.4 Å². The van der Waals surface area contributed by atoms with Crippen molar-refractivity contribution in [2.45, 2.75) is 18.2 Å². The minimum atomic E-state index is -1.31. The highest BCUT2D eigenvalue weighted by Crippen LogP contribution is 2.29. The average Bonchev–Trinajstić information content (AvgIpc) is 2.79. The number of pyridine rings is 1. The molecular formula is C23H19N3O3S. The van der Waals surface area contributed by atoms with E-state index in [9.17, 15) is 9.35 Å². The molecule has 0 bridgehead atoms. The molecule has 2 heterocycles. The summed E-state index contributed by atoms with van der Waals surface area (Å²) in [7, 11) is 0. The number of benzene rings is 2. The number of hydrogen-bond acceptors (Lipinski definition) is 6. The number of rotatable bonds is 5. The van der Waals surface area contributed by atoms with Gasteiger partial charge >= 0.3 is 11.1 Å². The van der Waals surface area contributed by atoms with Gasteiger partial charge in [-0.15, -0.1) is 0 Å². The molecule has 2 atom stereocenters. The molecule has 1 unspecified atom stereocenters. The van der Waals surface area contributed by atoms with Crippen LogP contribution in [0.2, 0.25) is 0 Å². The van der Waals surface area contributed by atoms with Crippen molar-refractivity contribution in [3.05, 3.63) is 84.2 Å². The molecule has 4 aromatic rings. The molecule has 0 spiro atoms. The molecule has 30 heavy (non-hydrogen) atoms. The van der Waals surface area contributed by atoms with Crippen molar-refractivity contribution in [2.75, 3.05) is 6.26 Å². The number of carbonyl (C=O) groups excluding carboxylic acids is 1. The molecule has 150 valence electrons. The first kappa shape index (κ1) is 20.0. The summed E-state index contributed by atoms with van der Waals surface area (Å²) in [5, 5.41) is 0.980. The molecule has 4 rings (SSSR count). The molecule has 0 aliphatic rings. The van der Waals surface area contributed by atoms with Crippen LogP contribution in [0, 0.1) is 0 Å². The number of hydrogen-bond donors (Lipinski definition) is 0. The maximum atomic E-state index is 12.5. The van der Waals surface area contributed by atoms with E-state index in [0.29, 0.717) is 22.5 Å². The second-order valence-corrected chi connectivity index (χ2v) is 7.99. The van der Waals surface area contributed by atoms with Gasteiger partial charge in [-0.25, -0.2) is 9.78 Å². The standard InChI is InChI=1S/C23H19N3O3S/c1-15(29-22(27)17-11-7-4-8-12-17)19-13-18-14-24-23(30(2)28)26-21(18)20(25-19)16-9-5-3-6-10-16/h3-15H,1-2H3/t15-,30?/m1/s1. The monoisotopic (exact) mass is 417 g/mol. The highest BCUT2D eigenvalue weighted by atomic mass is 32.2.